The molecule has 0 amide bonds. The van der Waals surface area contributed by atoms with Gasteiger partial charge < -0.3 is 5.48 Å². The second kappa shape index (κ2) is 6.50. The van der Waals surface area contributed by atoms with Crippen molar-refractivity contribution < 1.29 is 10.3 Å². The normalized spacial score (nSPS) is 6.80. The minimum atomic E-state index is 0. The van der Waals surface area contributed by atoms with Gasteiger partial charge in [-0.15, -0.1) is 0 Å². The van der Waals surface area contributed by atoms with Gasteiger partial charge in [0.25, 0.3) is 0 Å². The molecule has 0 bridgehead atoms. The minimum absolute atomic E-state index is 0. The molecular formula is C7H10AlO2. The van der Waals surface area contributed by atoms with E-state index < -0.39 is 0 Å². The molecule has 0 spiro atoms. The smallest absolute Gasteiger partial charge is 0.150 e. The molecule has 53 valence electrons. The fraction of sp³-hybridized carbons (Fsp3) is 0. The van der Waals surface area contributed by atoms with Crippen LogP contribution in [-0.2, 0) is 0 Å². The lowest BCUT2D eigenvalue weighted by Crippen LogP contribution is -1.73. The number of carbonyl (C=O) groups excluding carboxylic acids is 1. The van der Waals surface area contributed by atoms with Gasteiger partial charge in [0.1, 0.15) is 23.6 Å². The molecule has 0 aliphatic carbocycles. The topological polar surface area (TPSA) is 48.6 Å². The average Bonchev–Trinajstić information content (AvgIpc) is 1.90. The second-order valence-electron chi connectivity index (χ2n) is 1.53. The highest BCUT2D eigenvalue weighted by Gasteiger charge is 1.79. The monoisotopic (exact) mass is 153 g/mol. The zero-order valence-corrected chi connectivity index (χ0v) is 7.87. The predicted octanol–water partition coefficient (Wildman–Crippen LogP) is -0.242. The molecule has 2 N–H and O–H groups in total. The molecule has 2 nitrogen and oxygen atoms in total. The van der Waals surface area contributed by atoms with Crippen molar-refractivity contribution in [3.05, 3.63) is 35.9 Å². The summed E-state index contributed by atoms with van der Waals surface area (Å²) in [5.74, 6) is 0. The summed E-state index contributed by atoms with van der Waals surface area (Å²) in [7, 11) is 0. The average molecular weight is 153 g/mol. The van der Waals surface area contributed by atoms with Crippen LogP contribution in [0.25, 0.3) is 0 Å². The molecule has 1 radical (unpaired) electrons. The van der Waals surface area contributed by atoms with E-state index >= 15 is 0 Å². The van der Waals surface area contributed by atoms with Crippen molar-refractivity contribution in [3.63, 3.8) is 0 Å². The first-order valence-electron chi connectivity index (χ1n) is 2.44. The Hall–Kier alpha value is -0.618. The molecule has 0 unspecified atom stereocenters. The molecule has 1 aromatic carbocycles. The van der Waals surface area contributed by atoms with E-state index in [1.807, 2.05) is 18.2 Å². The highest BCUT2D eigenvalue weighted by Crippen LogP contribution is 1.91. The molecule has 0 atom stereocenters. The summed E-state index contributed by atoms with van der Waals surface area (Å²) < 4.78 is 0. The van der Waals surface area contributed by atoms with Crippen LogP contribution in [0, 0.1) is 0 Å². The summed E-state index contributed by atoms with van der Waals surface area (Å²) in [5.41, 5.74) is 0.729. The number of carbonyl (C=O) groups is 1. The van der Waals surface area contributed by atoms with Crippen LogP contribution in [0.15, 0.2) is 30.3 Å². The largest absolute Gasteiger partial charge is 0.412 e. The van der Waals surface area contributed by atoms with Gasteiger partial charge in [0, 0.05) is 5.56 Å². The number of aldehydes is 1. The third-order valence-electron chi connectivity index (χ3n) is 0.936. The molecule has 1 aromatic rings. The van der Waals surface area contributed by atoms with Gasteiger partial charge in [0.05, 0.1) is 0 Å². The van der Waals surface area contributed by atoms with E-state index in [1.54, 1.807) is 12.1 Å². The molecule has 0 heterocycles. The Labute approximate surface area is 70.3 Å². The fourth-order valence-corrected chi connectivity index (χ4v) is 0.532. The van der Waals surface area contributed by atoms with Crippen LogP contribution >= 0.6 is 0 Å². The van der Waals surface area contributed by atoms with E-state index in [9.17, 15) is 4.79 Å². The standard InChI is InChI=1S/C7H6O.Al.H2O.2H/c8-6-7-4-2-1-3-5-7;;;;/h1-6H;;1H2;;. The van der Waals surface area contributed by atoms with Gasteiger partial charge in [-0.05, 0) is 0 Å². The molecule has 0 aromatic heterocycles. The molecule has 0 fully saturated rings. The predicted molar refractivity (Wildman–Crippen MR) is 44.0 cm³/mol. The highest BCUT2D eigenvalue weighted by molar-refractivity contribution is 5.75. The first-order chi connectivity index (χ1) is 3.93. The summed E-state index contributed by atoms with van der Waals surface area (Å²) in [6, 6.07) is 9.10. The van der Waals surface area contributed by atoms with Crippen LogP contribution in [0.1, 0.15) is 10.4 Å². The summed E-state index contributed by atoms with van der Waals surface area (Å²) in [4.78, 5) is 10.0. The van der Waals surface area contributed by atoms with Crippen molar-refractivity contribution in [3.8, 4) is 0 Å². The van der Waals surface area contributed by atoms with Crippen molar-refractivity contribution in [2.45, 2.75) is 0 Å². The van der Waals surface area contributed by atoms with Gasteiger partial charge in [-0.1, -0.05) is 30.3 Å². The van der Waals surface area contributed by atoms with Crippen molar-refractivity contribution in [2.24, 2.45) is 0 Å². The first kappa shape index (κ1) is 12.1. The zero-order valence-electron chi connectivity index (χ0n) is 5.87. The second-order valence-corrected chi connectivity index (χ2v) is 1.53. The van der Waals surface area contributed by atoms with Gasteiger partial charge in [-0.2, -0.15) is 0 Å². The van der Waals surface area contributed by atoms with Crippen LogP contribution in [0.2, 0.25) is 0 Å². The van der Waals surface area contributed by atoms with E-state index in [0.717, 1.165) is 11.8 Å². The van der Waals surface area contributed by atoms with Gasteiger partial charge >= 0.3 is 0 Å². The van der Waals surface area contributed by atoms with Gasteiger partial charge in [-0.3, -0.25) is 4.79 Å². The third-order valence-corrected chi connectivity index (χ3v) is 0.936. The van der Waals surface area contributed by atoms with E-state index in [4.69, 9.17) is 0 Å². The van der Waals surface area contributed by atoms with Crippen LogP contribution in [0.4, 0.5) is 0 Å². The Bertz CT molecular complexity index is 174. The quantitative estimate of drug-likeness (QED) is 0.405. The molecule has 0 saturated heterocycles. The van der Waals surface area contributed by atoms with Crippen molar-refractivity contribution >= 4 is 23.6 Å². The molecule has 3 heteroatoms. The molecule has 0 aliphatic heterocycles. The van der Waals surface area contributed by atoms with Crippen molar-refractivity contribution in [1.29, 1.82) is 0 Å². The maximum atomic E-state index is 10.0. The van der Waals surface area contributed by atoms with Crippen LogP contribution < -0.4 is 0 Å². The van der Waals surface area contributed by atoms with E-state index in [2.05, 4.69) is 0 Å². The van der Waals surface area contributed by atoms with Crippen molar-refractivity contribution in [1.82, 2.24) is 0 Å². The Kier molecular flexibility index (Phi) is 7.86. The molecule has 10 heavy (non-hydrogen) atoms. The molecular weight excluding hydrogens is 143 g/mol. The van der Waals surface area contributed by atoms with Gasteiger partial charge in [0.15, 0.2) is 0 Å². The summed E-state index contributed by atoms with van der Waals surface area (Å²) in [6.07, 6.45) is 0.833. The number of hydrogen-bond acceptors (Lipinski definition) is 1. The van der Waals surface area contributed by atoms with E-state index in [0.29, 0.717) is 0 Å². The Morgan fingerprint density at radius 3 is 1.90 bits per heavy atom. The van der Waals surface area contributed by atoms with Gasteiger partial charge in [0.2, 0.25) is 0 Å². The van der Waals surface area contributed by atoms with Crippen LogP contribution in [-0.4, -0.2) is 29.1 Å². The molecule has 0 saturated carbocycles. The number of rotatable bonds is 1. The van der Waals surface area contributed by atoms with Crippen LogP contribution in [0.5, 0.6) is 0 Å². The highest BCUT2D eigenvalue weighted by atomic mass is 27.0. The maximum absolute atomic E-state index is 10.0. The number of hydrogen-bond donors (Lipinski definition) is 0. The van der Waals surface area contributed by atoms with Crippen LogP contribution in [0.3, 0.4) is 0 Å². The van der Waals surface area contributed by atoms with Gasteiger partial charge in [-0.25, -0.2) is 0 Å². The van der Waals surface area contributed by atoms with Crippen molar-refractivity contribution in [2.75, 3.05) is 0 Å². The van der Waals surface area contributed by atoms with E-state index in [-0.39, 0.29) is 22.8 Å². The molecule has 0 aliphatic rings. The Morgan fingerprint density at radius 1 is 1.10 bits per heavy atom. The zero-order chi connectivity index (χ0) is 5.82. The summed E-state index contributed by atoms with van der Waals surface area (Å²) >= 11 is 0. The SMILES string of the molecule is O.O=Cc1ccccc1.[AlH2]. The maximum Gasteiger partial charge on any atom is 0.150 e. The van der Waals surface area contributed by atoms with E-state index in [1.165, 1.54) is 0 Å². The molecule has 1 rings (SSSR count). The first-order valence-corrected chi connectivity index (χ1v) is 2.44. The summed E-state index contributed by atoms with van der Waals surface area (Å²) in [6.45, 7) is 0. The Morgan fingerprint density at radius 2 is 1.60 bits per heavy atom. The Balaban J connectivity index is 0. The lowest BCUT2D eigenvalue weighted by molar-refractivity contribution is 0.112. The lowest BCUT2D eigenvalue weighted by atomic mass is 10.2. The minimum Gasteiger partial charge on any atom is -0.412 e. The number of benzene rings is 1. The third kappa shape index (κ3) is 3.42. The summed E-state index contributed by atoms with van der Waals surface area (Å²) in [5, 5.41) is 0. The fourth-order valence-electron chi connectivity index (χ4n) is 0.532. The lowest BCUT2D eigenvalue weighted by Gasteiger charge is -1.81.